The van der Waals surface area contributed by atoms with E-state index in [1.54, 1.807) is 48.2 Å². The molecule has 0 spiro atoms. The number of aryl methyl sites for hydroxylation is 1. The molecule has 0 unspecified atom stereocenters. The molecule has 7 heteroatoms. The van der Waals surface area contributed by atoms with E-state index in [1.165, 1.54) is 0 Å². The highest BCUT2D eigenvalue weighted by molar-refractivity contribution is 6.31. The molecule has 1 N–H and O–H groups in total. The minimum absolute atomic E-state index is 0.235. The van der Waals surface area contributed by atoms with Gasteiger partial charge < -0.3 is 14.5 Å². The van der Waals surface area contributed by atoms with Crippen LogP contribution in [0.4, 0.5) is 5.69 Å². The summed E-state index contributed by atoms with van der Waals surface area (Å²) in [6, 6.07) is 10.5. The van der Waals surface area contributed by atoms with E-state index in [2.05, 4.69) is 10.4 Å². The minimum Gasteiger partial charge on any atom is -0.497 e. The Morgan fingerprint density at radius 1 is 1.24 bits per heavy atom. The molecule has 25 heavy (non-hydrogen) atoms. The molecule has 6 nitrogen and oxygen atoms in total. The molecule has 0 aliphatic heterocycles. The standard InChI is InChI=1S/C18H18ClN3O3/c1-11-17(19)12(2)22(21-11)10-15-8-9-16(25-15)18(23)20-13-4-6-14(24-3)7-5-13/h4-9H,10H2,1-3H3,(H,20,23). The van der Waals surface area contributed by atoms with Crippen LogP contribution in [0.3, 0.4) is 0 Å². The Bertz CT molecular complexity index is 897. The molecule has 0 aliphatic rings. The molecule has 0 atom stereocenters. The van der Waals surface area contributed by atoms with Crippen molar-refractivity contribution in [2.75, 3.05) is 12.4 Å². The van der Waals surface area contributed by atoms with Crippen LogP contribution < -0.4 is 10.1 Å². The number of nitrogens with zero attached hydrogens (tertiary/aromatic N) is 2. The molecule has 0 radical (unpaired) electrons. The first-order chi connectivity index (χ1) is 12.0. The van der Waals surface area contributed by atoms with Gasteiger partial charge in [-0.15, -0.1) is 0 Å². The van der Waals surface area contributed by atoms with Gasteiger partial charge in [-0.05, 0) is 50.2 Å². The monoisotopic (exact) mass is 359 g/mol. The number of furan rings is 1. The van der Waals surface area contributed by atoms with Crippen molar-refractivity contribution in [3.05, 3.63) is 64.3 Å². The van der Waals surface area contributed by atoms with E-state index >= 15 is 0 Å². The third-order valence-electron chi connectivity index (χ3n) is 3.83. The second kappa shape index (κ2) is 7.03. The molecule has 3 aromatic rings. The second-order valence-corrected chi connectivity index (χ2v) is 5.97. The number of ether oxygens (including phenoxy) is 1. The predicted octanol–water partition coefficient (Wildman–Crippen LogP) is 4.06. The summed E-state index contributed by atoms with van der Waals surface area (Å²) in [5.41, 5.74) is 2.29. The van der Waals surface area contributed by atoms with Crippen molar-refractivity contribution in [2.24, 2.45) is 0 Å². The van der Waals surface area contributed by atoms with Crippen LogP contribution in [0, 0.1) is 13.8 Å². The smallest absolute Gasteiger partial charge is 0.291 e. The van der Waals surface area contributed by atoms with Crippen LogP contribution in [0.25, 0.3) is 0 Å². The molecule has 1 amide bonds. The summed E-state index contributed by atoms with van der Waals surface area (Å²) in [6.07, 6.45) is 0. The Morgan fingerprint density at radius 3 is 2.56 bits per heavy atom. The maximum atomic E-state index is 12.3. The number of aromatic nitrogens is 2. The Balaban J connectivity index is 1.69. The molecule has 2 heterocycles. The van der Waals surface area contributed by atoms with Crippen molar-refractivity contribution in [3.63, 3.8) is 0 Å². The van der Waals surface area contributed by atoms with Gasteiger partial charge in [0.05, 0.1) is 30.1 Å². The number of hydrogen-bond acceptors (Lipinski definition) is 4. The largest absolute Gasteiger partial charge is 0.497 e. The third kappa shape index (κ3) is 3.69. The van der Waals surface area contributed by atoms with Gasteiger partial charge in [-0.25, -0.2) is 0 Å². The number of amides is 1. The van der Waals surface area contributed by atoms with Crippen LogP contribution in [0.15, 0.2) is 40.8 Å². The topological polar surface area (TPSA) is 69.3 Å². The van der Waals surface area contributed by atoms with Gasteiger partial charge in [0, 0.05) is 5.69 Å². The summed E-state index contributed by atoms with van der Waals surface area (Å²) >= 11 is 6.15. The highest BCUT2D eigenvalue weighted by Crippen LogP contribution is 2.21. The number of nitrogens with one attached hydrogen (secondary N) is 1. The van der Waals surface area contributed by atoms with Gasteiger partial charge in [0.15, 0.2) is 5.76 Å². The molecule has 0 saturated carbocycles. The fraction of sp³-hybridized carbons (Fsp3) is 0.222. The highest BCUT2D eigenvalue weighted by atomic mass is 35.5. The minimum atomic E-state index is -0.317. The summed E-state index contributed by atoms with van der Waals surface area (Å²) < 4.78 is 12.5. The fourth-order valence-corrected chi connectivity index (χ4v) is 2.56. The van der Waals surface area contributed by atoms with Crippen molar-refractivity contribution >= 4 is 23.2 Å². The lowest BCUT2D eigenvalue weighted by Gasteiger charge is -2.05. The van der Waals surface area contributed by atoms with Gasteiger partial charge in [-0.2, -0.15) is 5.10 Å². The summed E-state index contributed by atoms with van der Waals surface area (Å²) in [6.45, 7) is 4.15. The number of hydrogen-bond donors (Lipinski definition) is 1. The number of carbonyl (C=O) groups excluding carboxylic acids is 1. The van der Waals surface area contributed by atoms with Crippen LogP contribution in [0.5, 0.6) is 5.75 Å². The lowest BCUT2D eigenvalue weighted by molar-refractivity contribution is 0.0994. The Morgan fingerprint density at radius 2 is 1.96 bits per heavy atom. The maximum absolute atomic E-state index is 12.3. The lowest BCUT2D eigenvalue weighted by atomic mass is 10.3. The van der Waals surface area contributed by atoms with E-state index in [4.69, 9.17) is 20.8 Å². The normalized spacial score (nSPS) is 10.7. The van der Waals surface area contributed by atoms with E-state index in [-0.39, 0.29) is 11.7 Å². The molecule has 0 aliphatic carbocycles. The molecular weight excluding hydrogens is 342 g/mol. The van der Waals surface area contributed by atoms with Gasteiger partial charge in [0.1, 0.15) is 11.5 Å². The van der Waals surface area contributed by atoms with Gasteiger partial charge >= 0.3 is 0 Å². The highest BCUT2D eigenvalue weighted by Gasteiger charge is 2.14. The van der Waals surface area contributed by atoms with Crippen molar-refractivity contribution < 1.29 is 13.9 Å². The predicted molar refractivity (Wildman–Crippen MR) is 95.5 cm³/mol. The molecule has 130 valence electrons. The first-order valence-electron chi connectivity index (χ1n) is 7.71. The zero-order valence-corrected chi connectivity index (χ0v) is 14.9. The molecule has 0 bridgehead atoms. The van der Waals surface area contributed by atoms with Crippen LogP contribution >= 0.6 is 11.6 Å². The zero-order chi connectivity index (χ0) is 18.0. The van der Waals surface area contributed by atoms with Gasteiger partial charge in [0.25, 0.3) is 5.91 Å². The van der Waals surface area contributed by atoms with E-state index < -0.39 is 0 Å². The number of anilines is 1. The summed E-state index contributed by atoms with van der Waals surface area (Å²) in [4.78, 5) is 12.3. The summed E-state index contributed by atoms with van der Waals surface area (Å²) in [7, 11) is 1.59. The Kier molecular flexibility index (Phi) is 4.81. The summed E-state index contributed by atoms with van der Waals surface area (Å²) in [5.74, 6) is 1.27. The second-order valence-electron chi connectivity index (χ2n) is 5.59. The average molecular weight is 360 g/mol. The number of carbonyl (C=O) groups is 1. The average Bonchev–Trinajstić information content (AvgIpc) is 3.17. The maximum Gasteiger partial charge on any atom is 0.291 e. The number of methoxy groups -OCH3 is 1. The zero-order valence-electron chi connectivity index (χ0n) is 14.2. The Hall–Kier alpha value is -2.73. The van der Waals surface area contributed by atoms with E-state index in [9.17, 15) is 4.79 Å². The summed E-state index contributed by atoms with van der Waals surface area (Å²) in [5, 5.41) is 7.78. The van der Waals surface area contributed by atoms with E-state index in [1.807, 2.05) is 13.8 Å². The van der Waals surface area contributed by atoms with Crippen LogP contribution in [0.1, 0.15) is 27.7 Å². The molecule has 0 fully saturated rings. The molecule has 0 saturated heterocycles. The molecule has 3 rings (SSSR count). The van der Waals surface area contributed by atoms with E-state index in [0.717, 1.165) is 17.1 Å². The third-order valence-corrected chi connectivity index (χ3v) is 4.38. The molecular formula is C18H18ClN3O3. The number of rotatable bonds is 5. The van der Waals surface area contributed by atoms with Crippen LogP contribution in [-0.2, 0) is 6.54 Å². The van der Waals surface area contributed by atoms with Crippen molar-refractivity contribution in [1.82, 2.24) is 9.78 Å². The van der Waals surface area contributed by atoms with Gasteiger partial charge in [-0.3, -0.25) is 9.48 Å². The first-order valence-corrected chi connectivity index (χ1v) is 8.09. The first kappa shape index (κ1) is 17.1. The SMILES string of the molecule is COc1ccc(NC(=O)c2ccc(Cn3nc(C)c(Cl)c3C)o2)cc1. The van der Waals surface area contributed by atoms with Gasteiger partial charge in [0.2, 0.25) is 0 Å². The number of benzene rings is 1. The number of halogens is 1. The lowest BCUT2D eigenvalue weighted by Crippen LogP contribution is -2.10. The molecule has 2 aromatic heterocycles. The van der Waals surface area contributed by atoms with Gasteiger partial charge in [-0.1, -0.05) is 11.6 Å². The van der Waals surface area contributed by atoms with E-state index in [0.29, 0.717) is 23.0 Å². The quantitative estimate of drug-likeness (QED) is 0.746. The van der Waals surface area contributed by atoms with Crippen LogP contribution in [0.2, 0.25) is 5.02 Å². The van der Waals surface area contributed by atoms with Crippen molar-refractivity contribution in [2.45, 2.75) is 20.4 Å². The van der Waals surface area contributed by atoms with Crippen LogP contribution in [-0.4, -0.2) is 22.8 Å². The molecule has 1 aromatic carbocycles. The van der Waals surface area contributed by atoms with Crippen molar-refractivity contribution in [1.29, 1.82) is 0 Å². The Labute approximate surface area is 150 Å². The fourth-order valence-electron chi connectivity index (χ4n) is 2.43. The van der Waals surface area contributed by atoms with Crippen molar-refractivity contribution in [3.8, 4) is 5.75 Å².